The Kier molecular flexibility index (Phi) is 7.47. The fourth-order valence-corrected chi connectivity index (χ4v) is 5.06. The number of benzene rings is 2. The van der Waals surface area contributed by atoms with Gasteiger partial charge in [-0.05, 0) is 73.1 Å². The molecule has 4 rings (SSSR count). The first-order valence-corrected chi connectivity index (χ1v) is 12.1. The predicted octanol–water partition coefficient (Wildman–Crippen LogP) is 5.63. The second kappa shape index (κ2) is 10.5. The van der Waals surface area contributed by atoms with Crippen LogP contribution in [0.1, 0.15) is 54.5 Å². The van der Waals surface area contributed by atoms with Crippen LogP contribution in [0.2, 0.25) is 0 Å². The second-order valence-electron chi connectivity index (χ2n) is 9.33. The highest BCUT2D eigenvalue weighted by atomic mass is 16.7. The maximum absolute atomic E-state index is 10.7. The van der Waals surface area contributed by atoms with Crippen molar-refractivity contribution >= 4 is 11.7 Å². The van der Waals surface area contributed by atoms with E-state index in [1.54, 1.807) is 7.11 Å². The first-order valence-electron chi connectivity index (χ1n) is 12.1. The molecule has 1 saturated heterocycles. The van der Waals surface area contributed by atoms with E-state index < -0.39 is 6.16 Å². The number of ether oxygens (including phenoxy) is 3. The van der Waals surface area contributed by atoms with Gasteiger partial charge in [0.25, 0.3) is 0 Å². The Morgan fingerprint density at radius 2 is 1.91 bits per heavy atom. The lowest BCUT2D eigenvalue weighted by molar-refractivity contribution is -0.0292. The second-order valence-corrected chi connectivity index (χ2v) is 9.33. The van der Waals surface area contributed by atoms with Gasteiger partial charge in [-0.25, -0.2) is 4.79 Å². The van der Waals surface area contributed by atoms with Crippen LogP contribution in [-0.2, 0) is 24.2 Å². The minimum absolute atomic E-state index is 0.197. The molecule has 0 atom stereocenters. The van der Waals surface area contributed by atoms with Crippen molar-refractivity contribution in [2.24, 2.45) is 0 Å². The number of nitrogens with zero attached hydrogens (tertiary/aromatic N) is 1. The maximum atomic E-state index is 10.7. The lowest BCUT2D eigenvalue weighted by Gasteiger charge is -2.39. The topological polar surface area (TPSA) is 68.2 Å². The van der Waals surface area contributed by atoms with Gasteiger partial charge in [0, 0.05) is 25.2 Å². The highest BCUT2D eigenvalue weighted by Gasteiger charge is 2.31. The number of rotatable bonds is 9. The summed E-state index contributed by atoms with van der Waals surface area (Å²) >= 11 is 0. The van der Waals surface area contributed by atoms with Crippen molar-refractivity contribution in [3.05, 3.63) is 63.7 Å². The molecule has 0 spiro atoms. The Morgan fingerprint density at radius 3 is 2.62 bits per heavy atom. The summed E-state index contributed by atoms with van der Waals surface area (Å²) in [5.74, 6) is 1.80. The third kappa shape index (κ3) is 5.22. The van der Waals surface area contributed by atoms with Crippen LogP contribution in [-0.4, -0.2) is 49.0 Å². The van der Waals surface area contributed by atoms with E-state index in [0.29, 0.717) is 19.7 Å². The van der Waals surface area contributed by atoms with Crippen molar-refractivity contribution in [2.45, 2.75) is 59.2 Å². The Morgan fingerprint density at radius 1 is 1.12 bits per heavy atom. The van der Waals surface area contributed by atoms with E-state index in [1.807, 2.05) is 0 Å². The predicted molar refractivity (Wildman–Crippen MR) is 133 cm³/mol. The molecule has 0 bridgehead atoms. The summed E-state index contributed by atoms with van der Waals surface area (Å²) in [6, 6.07) is 10.7. The molecule has 1 heterocycles. The highest BCUT2D eigenvalue weighted by molar-refractivity contribution is 5.74. The quantitative estimate of drug-likeness (QED) is 0.484. The number of carboxylic acid groups (broad SMARTS) is 1. The van der Waals surface area contributed by atoms with Gasteiger partial charge in [0.2, 0.25) is 0 Å². The van der Waals surface area contributed by atoms with Crippen LogP contribution in [0.3, 0.4) is 0 Å². The summed E-state index contributed by atoms with van der Waals surface area (Å²) < 4.78 is 16.7. The molecule has 0 saturated carbocycles. The standard InChI is InChI=1S/C28H35NO5/c1-5-6-20-7-8-22(27(13-20)32-4)17-33-26-12-11-24-18(2)21(9-10-25(24)19(26)3)14-29-15-23(16-29)34-28(30)31/h7-8,11-13,23H,5-6,9-10,14-17H2,1-4H3,(H,30,31). The zero-order chi connectivity index (χ0) is 24.2. The van der Waals surface area contributed by atoms with Gasteiger partial charge in [-0.2, -0.15) is 0 Å². The smallest absolute Gasteiger partial charge is 0.496 e. The zero-order valence-electron chi connectivity index (χ0n) is 20.6. The Hall–Kier alpha value is -2.99. The molecule has 34 heavy (non-hydrogen) atoms. The molecule has 2 aromatic rings. The average Bonchev–Trinajstić information content (AvgIpc) is 2.79. The average molecular weight is 466 g/mol. The van der Waals surface area contributed by atoms with E-state index in [0.717, 1.165) is 49.3 Å². The molecule has 1 N–H and O–H groups in total. The normalized spacial score (nSPS) is 16.1. The maximum Gasteiger partial charge on any atom is 0.506 e. The van der Waals surface area contributed by atoms with Gasteiger partial charge in [0.05, 0.1) is 7.11 Å². The molecular formula is C28H35NO5. The van der Waals surface area contributed by atoms with E-state index in [4.69, 9.17) is 19.3 Å². The zero-order valence-corrected chi connectivity index (χ0v) is 20.6. The summed E-state index contributed by atoms with van der Waals surface area (Å²) in [5.41, 5.74) is 8.95. The Bertz CT molecular complexity index is 1080. The van der Waals surface area contributed by atoms with Crippen LogP contribution < -0.4 is 9.47 Å². The van der Waals surface area contributed by atoms with Crippen LogP contribution in [0.25, 0.3) is 5.57 Å². The third-order valence-corrected chi connectivity index (χ3v) is 7.04. The number of carbonyl (C=O) groups is 1. The van der Waals surface area contributed by atoms with E-state index >= 15 is 0 Å². The lowest BCUT2D eigenvalue weighted by Crippen LogP contribution is -2.53. The van der Waals surface area contributed by atoms with Crippen LogP contribution in [0, 0.1) is 6.92 Å². The van der Waals surface area contributed by atoms with E-state index in [2.05, 4.69) is 56.0 Å². The molecule has 6 heteroatoms. The Labute approximate surface area is 202 Å². The minimum Gasteiger partial charge on any atom is -0.496 e. The summed E-state index contributed by atoms with van der Waals surface area (Å²) in [4.78, 5) is 12.9. The molecule has 1 aliphatic heterocycles. The molecular weight excluding hydrogens is 430 g/mol. The fourth-order valence-electron chi connectivity index (χ4n) is 5.06. The number of likely N-dealkylation sites (tertiary alicyclic amines) is 1. The van der Waals surface area contributed by atoms with Crippen molar-refractivity contribution < 1.29 is 24.1 Å². The number of allylic oxidation sites excluding steroid dienone is 1. The summed E-state index contributed by atoms with van der Waals surface area (Å²) in [7, 11) is 1.71. The molecule has 0 radical (unpaired) electrons. The summed E-state index contributed by atoms with van der Waals surface area (Å²) in [5, 5.41) is 8.75. The minimum atomic E-state index is -1.19. The number of hydrogen-bond donors (Lipinski definition) is 1. The number of fused-ring (bicyclic) bond motifs is 1. The van der Waals surface area contributed by atoms with E-state index in [-0.39, 0.29) is 6.10 Å². The highest BCUT2D eigenvalue weighted by Crippen LogP contribution is 2.37. The molecule has 2 aliphatic rings. The summed E-state index contributed by atoms with van der Waals surface area (Å²) in [6.45, 7) is 9.22. The molecule has 2 aromatic carbocycles. The van der Waals surface area contributed by atoms with Crippen LogP contribution in [0.4, 0.5) is 4.79 Å². The molecule has 1 aliphatic carbocycles. The van der Waals surface area contributed by atoms with Crippen LogP contribution >= 0.6 is 0 Å². The molecule has 0 aromatic heterocycles. The SMILES string of the molecule is CCCc1ccc(COc2ccc3c(c2C)CCC(CN2CC(OC(=O)O)C2)=C3C)c(OC)c1. The molecule has 6 nitrogen and oxygen atoms in total. The number of methoxy groups -OCH3 is 1. The van der Waals surface area contributed by atoms with Crippen LogP contribution in [0.15, 0.2) is 35.9 Å². The summed E-state index contributed by atoms with van der Waals surface area (Å²) in [6.07, 6.45) is 2.77. The Balaban J connectivity index is 1.43. The van der Waals surface area contributed by atoms with Gasteiger partial charge in [-0.1, -0.05) is 37.1 Å². The van der Waals surface area contributed by atoms with Crippen LogP contribution in [0.5, 0.6) is 11.5 Å². The third-order valence-electron chi connectivity index (χ3n) is 7.04. The largest absolute Gasteiger partial charge is 0.506 e. The van der Waals surface area contributed by atoms with Crippen molar-refractivity contribution in [1.82, 2.24) is 4.90 Å². The lowest BCUT2D eigenvalue weighted by atomic mass is 9.83. The molecule has 182 valence electrons. The van der Waals surface area contributed by atoms with E-state index in [9.17, 15) is 4.79 Å². The first kappa shape index (κ1) is 24.1. The van der Waals surface area contributed by atoms with E-state index in [1.165, 1.54) is 33.4 Å². The molecule has 1 fully saturated rings. The van der Waals surface area contributed by atoms with Crippen molar-refractivity contribution in [1.29, 1.82) is 0 Å². The number of aryl methyl sites for hydroxylation is 1. The molecule has 0 amide bonds. The first-order chi connectivity index (χ1) is 16.4. The van der Waals surface area contributed by atoms with Gasteiger partial charge in [0.1, 0.15) is 24.2 Å². The monoisotopic (exact) mass is 465 g/mol. The van der Waals surface area contributed by atoms with Crippen molar-refractivity contribution in [3.8, 4) is 11.5 Å². The molecule has 0 unspecified atom stereocenters. The van der Waals surface area contributed by atoms with Gasteiger partial charge in [-0.3, -0.25) is 4.90 Å². The van der Waals surface area contributed by atoms with Gasteiger partial charge in [-0.15, -0.1) is 0 Å². The fraction of sp³-hybridized carbons (Fsp3) is 0.464. The van der Waals surface area contributed by atoms with Gasteiger partial charge in [0.15, 0.2) is 0 Å². The number of hydrogen-bond acceptors (Lipinski definition) is 5. The van der Waals surface area contributed by atoms with Crippen molar-refractivity contribution in [2.75, 3.05) is 26.7 Å². The van der Waals surface area contributed by atoms with Gasteiger partial charge >= 0.3 is 6.16 Å². The van der Waals surface area contributed by atoms with Crippen molar-refractivity contribution in [3.63, 3.8) is 0 Å². The van der Waals surface area contributed by atoms with Gasteiger partial charge < -0.3 is 19.3 Å².